The molecule has 122 valence electrons. The summed E-state index contributed by atoms with van der Waals surface area (Å²) in [5, 5.41) is 2.82. The number of carbonyl (C=O) groups excluding carboxylic acids is 1. The van der Waals surface area contributed by atoms with Crippen molar-refractivity contribution < 1.29 is 13.6 Å². The molecule has 0 fully saturated rings. The number of aromatic nitrogens is 2. The molecule has 1 amide bonds. The number of nitrogens with one attached hydrogen (secondary N) is 1. The number of halogens is 2. The summed E-state index contributed by atoms with van der Waals surface area (Å²) in [4.78, 5) is 21.2. The summed E-state index contributed by atoms with van der Waals surface area (Å²) in [6.45, 7) is 1.89. The average molecular weight is 346 g/mol. The predicted octanol–water partition coefficient (Wildman–Crippen LogP) is 3.63. The minimum Gasteiger partial charge on any atom is -0.375 e. The van der Waals surface area contributed by atoms with E-state index in [2.05, 4.69) is 15.3 Å². The van der Waals surface area contributed by atoms with Crippen LogP contribution in [0.25, 0.3) is 11.3 Å². The van der Waals surface area contributed by atoms with Crippen LogP contribution in [0, 0.1) is 18.6 Å². The number of hydrogen-bond donors (Lipinski definition) is 2. The molecule has 0 aliphatic heterocycles. The fraction of sp³-hybridized carbons (Fsp3) is 0.0625. The van der Waals surface area contributed by atoms with E-state index in [0.717, 1.165) is 22.6 Å². The Bertz CT molecular complexity index is 889. The number of aryl methyl sites for hydroxylation is 1. The second kappa shape index (κ2) is 6.32. The highest BCUT2D eigenvalue weighted by molar-refractivity contribution is 7.15. The van der Waals surface area contributed by atoms with Crippen LogP contribution >= 0.6 is 11.3 Å². The van der Waals surface area contributed by atoms with E-state index in [9.17, 15) is 13.6 Å². The van der Waals surface area contributed by atoms with E-state index in [1.54, 1.807) is 6.07 Å². The number of anilines is 2. The summed E-state index contributed by atoms with van der Waals surface area (Å²) in [7, 11) is 0. The van der Waals surface area contributed by atoms with Gasteiger partial charge in [0.2, 0.25) is 0 Å². The fourth-order valence-electron chi connectivity index (χ4n) is 2.19. The Morgan fingerprint density at radius 3 is 2.46 bits per heavy atom. The van der Waals surface area contributed by atoms with Crippen molar-refractivity contribution in [3.63, 3.8) is 0 Å². The zero-order chi connectivity index (χ0) is 17.3. The van der Waals surface area contributed by atoms with Crippen molar-refractivity contribution >= 4 is 28.2 Å². The van der Waals surface area contributed by atoms with Crippen LogP contribution < -0.4 is 11.1 Å². The zero-order valence-electron chi connectivity index (χ0n) is 12.5. The highest BCUT2D eigenvalue weighted by atomic mass is 32.1. The summed E-state index contributed by atoms with van der Waals surface area (Å²) >= 11 is 1.37. The second-order valence-corrected chi connectivity index (χ2v) is 6.17. The number of nitrogens with two attached hydrogens (primary N) is 1. The van der Waals surface area contributed by atoms with Crippen molar-refractivity contribution in [2.24, 2.45) is 0 Å². The van der Waals surface area contributed by atoms with Crippen molar-refractivity contribution in [2.45, 2.75) is 6.92 Å². The molecule has 0 radical (unpaired) electrons. The van der Waals surface area contributed by atoms with Crippen molar-refractivity contribution in [3.05, 3.63) is 58.6 Å². The number of carbonyl (C=O) groups is 1. The van der Waals surface area contributed by atoms with E-state index in [1.807, 2.05) is 6.92 Å². The lowest BCUT2D eigenvalue weighted by molar-refractivity contribution is 0.101. The second-order valence-electron chi connectivity index (χ2n) is 4.94. The van der Waals surface area contributed by atoms with E-state index in [-0.39, 0.29) is 5.82 Å². The average Bonchev–Trinajstić information content (AvgIpc) is 2.86. The van der Waals surface area contributed by atoms with Crippen molar-refractivity contribution in [2.75, 3.05) is 11.1 Å². The monoisotopic (exact) mass is 346 g/mol. The molecule has 0 bridgehead atoms. The largest absolute Gasteiger partial charge is 0.375 e. The van der Waals surface area contributed by atoms with Crippen LogP contribution in [-0.2, 0) is 0 Å². The number of amides is 1. The van der Waals surface area contributed by atoms with Crippen LogP contribution in [0.2, 0.25) is 0 Å². The van der Waals surface area contributed by atoms with Crippen molar-refractivity contribution in [1.29, 1.82) is 0 Å². The predicted molar refractivity (Wildman–Crippen MR) is 88.8 cm³/mol. The van der Waals surface area contributed by atoms with Gasteiger partial charge in [-0.1, -0.05) is 6.07 Å². The Balaban J connectivity index is 1.82. The number of nitrogens with zero attached hydrogens (tertiary/aromatic N) is 2. The van der Waals surface area contributed by atoms with Gasteiger partial charge >= 0.3 is 0 Å². The van der Waals surface area contributed by atoms with Crippen LogP contribution in [-0.4, -0.2) is 15.9 Å². The Morgan fingerprint density at radius 1 is 1.21 bits per heavy atom. The lowest BCUT2D eigenvalue weighted by atomic mass is 10.1. The van der Waals surface area contributed by atoms with Gasteiger partial charge in [-0.3, -0.25) is 4.79 Å². The normalized spacial score (nSPS) is 10.6. The molecule has 3 aromatic rings. The molecule has 5 nitrogen and oxygen atoms in total. The molecule has 0 saturated heterocycles. The minimum absolute atomic E-state index is 0.173. The molecular formula is C16H12F2N4OS. The first-order valence-corrected chi connectivity index (χ1v) is 7.72. The number of nitrogen functional groups attached to an aromatic ring is 1. The van der Waals surface area contributed by atoms with Gasteiger partial charge in [0.15, 0.2) is 5.13 Å². The molecule has 8 heteroatoms. The van der Waals surface area contributed by atoms with Crippen molar-refractivity contribution in [1.82, 2.24) is 9.97 Å². The molecule has 24 heavy (non-hydrogen) atoms. The molecule has 0 unspecified atom stereocenters. The molecule has 2 heterocycles. The maximum Gasteiger partial charge on any atom is 0.262 e. The lowest BCUT2D eigenvalue weighted by Gasteiger charge is -2.07. The quantitative estimate of drug-likeness (QED) is 0.759. The smallest absolute Gasteiger partial charge is 0.262 e. The van der Waals surface area contributed by atoms with Crippen molar-refractivity contribution in [3.8, 4) is 11.3 Å². The Hall–Kier alpha value is -2.87. The van der Waals surface area contributed by atoms with Gasteiger partial charge in [0.25, 0.3) is 5.91 Å². The van der Waals surface area contributed by atoms with Gasteiger partial charge in [0.05, 0.1) is 5.69 Å². The van der Waals surface area contributed by atoms with E-state index in [4.69, 9.17) is 5.73 Å². The van der Waals surface area contributed by atoms with E-state index in [1.165, 1.54) is 29.7 Å². The molecule has 0 saturated carbocycles. The summed E-state index contributed by atoms with van der Waals surface area (Å²) in [6.07, 6.45) is 1.51. The highest BCUT2D eigenvalue weighted by Gasteiger charge is 2.17. The van der Waals surface area contributed by atoms with Gasteiger partial charge in [-0.2, -0.15) is 0 Å². The molecule has 0 atom stereocenters. The number of pyridine rings is 1. The summed E-state index contributed by atoms with van der Waals surface area (Å²) < 4.78 is 27.2. The third-order valence-electron chi connectivity index (χ3n) is 3.28. The SMILES string of the molecule is Cc1sc(N)nc1-c1ccc(NC(=O)c2c(F)cccc2F)nc1. The molecule has 0 spiro atoms. The molecule has 3 rings (SSSR count). The molecule has 3 N–H and O–H groups in total. The molecule has 0 aliphatic rings. The Kier molecular flexibility index (Phi) is 4.22. The Labute approximate surface area is 140 Å². The topological polar surface area (TPSA) is 80.9 Å². The van der Waals surface area contributed by atoms with E-state index < -0.39 is 23.1 Å². The lowest BCUT2D eigenvalue weighted by Crippen LogP contribution is -2.16. The Morgan fingerprint density at radius 2 is 1.92 bits per heavy atom. The number of rotatable bonds is 3. The first-order chi connectivity index (χ1) is 11.5. The fourth-order valence-corrected chi connectivity index (χ4v) is 2.90. The van der Waals surface area contributed by atoms with E-state index >= 15 is 0 Å². The van der Waals surface area contributed by atoms with Gasteiger partial charge < -0.3 is 11.1 Å². The molecule has 2 aromatic heterocycles. The third kappa shape index (κ3) is 3.09. The van der Waals surface area contributed by atoms with Gasteiger partial charge in [-0.15, -0.1) is 11.3 Å². The van der Waals surface area contributed by atoms with Gasteiger partial charge in [-0.25, -0.2) is 18.7 Å². The van der Waals surface area contributed by atoms with Crippen LogP contribution in [0.15, 0.2) is 36.5 Å². The maximum absolute atomic E-state index is 13.6. The van der Waals surface area contributed by atoms with Crippen LogP contribution in [0.1, 0.15) is 15.2 Å². The van der Waals surface area contributed by atoms with Gasteiger partial charge in [0.1, 0.15) is 23.0 Å². The summed E-state index contributed by atoms with van der Waals surface area (Å²) in [5.41, 5.74) is 6.46. The number of hydrogen-bond acceptors (Lipinski definition) is 5. The van der Waals surface area contributed by atoms with Crippen LogP contribution in [0.5, 0.6) is 0 Å². The first kappa shape index (κ1) is 16.0. The standard InChI is InChI=1S/C16H12F2N4OS/c1-8-14(22-16(19)24-8)9-5-6-12(20-7-9)21-15(23)13-10(17)3-2-4-11(13)18/h2-7H,1H3,(H2,19,22)(H,20,21,23). The molecular weight excluding hydrogens is 334 g/mol. The molecule has 0 aliphatic carbocycles. The van der Waals surface area contributed by atoms with E-state index in [0.29, 0.717) is 10.8 Å². The number of thiazole rings is 1. The molecule has 1 aromatic carbocycles. The zero-order valence-corrected chi connectivity index (χ0v) is 13.3. The van der Waals surface area contributed by atoms with Crippen LogP contribution in [0.3, 0.4) is 0 Å². The summed E-state index contributed by atoms with van der Waals surface area (Å²) in [6, 6.07) is 6.45. The third-order valence-corrected chi connectivity index (χ3v) is 4.08. The first-order valence-electron chi connectivity index (χ1n) is 6.90. The highest BCUT2D eigenvalue weighted by Crippen LogP contribution is 2.28. The number of benzene rings is 1. The van der Waals surface area contributed by atoms with Gasteiger partial charge in [0, 0.05) is 16.6 Å². The van der Waals surface area contributed by atoms with Gasteiger partial charge in [-0.05, 0) is 31.2 Å². The van der Waals surface area contributed by atoms with Crippen LogP contribution in [0.4, 0.5) is 19.7 Å². The maximum atomic E-state index is 13.6. The minimum atomic E-state index is -0.933. The summed E-state index contributed by atoms with van der Waals surface area (Å²) in [5.74, 6) is -2.59.